The third-order valence-electron chi connectivity index (χ3n) is 6.14. The first-order valence-corrected chi connectivity index (χ1v) is 11.3. The number of carbonyl (C=O) groups is 2. The van der Waals surface area contributed by atoms with E-state index in [9.17, 15) is 9.59 Å². The van der Waals surface area contributed by atoms with Gasteiger partial charge in [-0.2, -0.15) is 5.10 Å². The number of furan rings is 1. The van der Waals surface area contributed by atoms with E-state index in [0.29, 0.717) is 34.4 Å². The fraction of sp³-hybridized carbons (Fsp3) is 0.192. The molecular weight excluding hydrogens is 452 g/mol. The average molecular weight is 475 g/mol. The van der Waals surface area contributed by atoms with Crippen LogP contribution in [0, 0.1) is 6.92 Å². The summed E-state index contributed by atoms with van der Waals surface area (Å²) in [6, 6.07) is 20.1. The van der Waals surface area contributed by atoms with Gasteiger partial charge in [0.05, 0.1) is 12.8 Å². The molecular formula is C26H23ClN4O3. The number of fused-ring (bicyclic) bond motifs is 1. The monoisotopic (exact) mass is 474 g/mol. The van der Waals surface area contributed by atoms with Gasteiger partial charge in [0.15, 0.2) is 5.76 Å². The molecule has 1 N–H and O–H groups in total. The van der Waals surface area contributed by atoms with Gasteiger partial charge in [-0.25, -0.2) is 0 Å². The summed E-state index contributed by atoms with van der Waals surface area (Å²) < 4.78 is 7.06. The van der Waals surface area contributed by atoms with Crippen LogP contribution in [0.15, 0.2) is 77.4 Å². The molecule has 2 amide bonds. The van der Waals surface area contributed by atoms with Gasteiger partial charge < -0.3 is 9.73 Å². The van der Waals surface area contributed by atoms with E-state index in [0.717, 1.165) is 11.1 Å². The minimum Gasteiger partial charge on any atom is -0.463 e. The summed E-state index contributed by atoms with van der Waals surface area (Å²) in [5.41, 5.74) is 2.22. The Kier molecular flexibility index (Phi) is 5.49. The van der Waals surface area contributed by atoms with Crippen LogP contribution in [-0.4, -0.2) is 27.1 Å². The van der Waals surface area contributed by atoms with Gasteiger partial charge in [-0.1, -0.05) is 41.9 Å². The highest BCUT2D eigenvalue weighted by Crippen LogP contribution is 2.35. The Morgan fingerprint density at radius 1 is 1.15 bits per heavy atom. The van der Waals surface area contributed by atoms with Crippen LogP contribution < -0.4 is 10.2 Å². The van der Waals surface area contributed by atoms with Crippen molar-refractivity contribution in [2.75, 3.05) is 4.90 Å². The molecule has 4 aromatic rings. The second-order valence-corrected chi connectivity index (χ2v) is 9.00. The Balaban J connectivity index is 1.54. The fourth-order valence-electron chi connectivity index (χ4n) is 4.29. The normalized spacial score (nSPS) is 17.5. The Labute approximate surface area is 201 Å². The third kappa shape index (κ3) is 3.78. The van der Waals surface area contributed by atoms with E-state index in [1.54, 1.807) is 53.1 Å². The molecule has 0 saturated carbocycles. The topological polar surface area (TPSA) is 80.4 Å². The van der Waals surface area contributed by atoms with Crippen molar-refractivity contribution in [3.63, 3.8) is 0 Å². The SMILES string of the molecule is Cc1ccccc1N1C(=O)c2cc(-c3ccco3)nn2CC1(C)C(=O)NCc1ccc(Cl)cc1. The number of amides is 2. The summed E-state index contributed by atoms with van der Waals surface area (Å²) in [7, 11) is 0. The Morgan fingerprint density at radius 2 is 1.91 bits per heavy atom. The molecule has 5 rings (SSSR count). The number of carbonyl (C=O) groups excluding carboxylic acids is 2. The molecule has 1 aliphatic rings. The highest BCUT2D eigenvalue weighted by atomic mass is 35.5. The van der Waals surface area contributed by atoms with Crippen molar-refractivity contribution in [2.45, 2.75) is 32.5 Å². The Morgan fingerprint density at radius 3 is 2.62 bits per heavy atom. The summed E-state index contributed by atoms with van der Waals surface area (Å²) >= 11 is 5.98. The number of para-hydroxylation sites is 1. The quantitative estimate of drug-likeness (QED) is 0.449. The van der Waals surface area contributed by atoms with Gasteiger partial charge in [0.2, 0.25) is 5.91 Å². The zero-order valence-corrected chi connectivity index (χ0v) is 19.5. The highest BCUT2D eigenvalue weighted by Gasteiger charge is 2.49. The van der Waals surface area contributed by atoms with Crippen LogP contribution >= 0.6 is 11.6 Å². The van der Waals surface area contributed by atoms with E-state index in [1.807, 2.05) is 43.3 Å². The molecule has 8 heteroatoms. The minimum absolute atomic E-state index is 0.190. The lowest BCUT2D eigenvalue weighted by molar-refractivity contribution is -0.126. The predicted octanol–water partition coefficient (Wildman–Crippen LogP) is 4.84. The van der Waals surface area contributed by atoms with Crippen LogP contribution in [0.3, 0.4) is 0 Å². The number of hydrogen-bond donors (Lipinski definition) is 1. The van der Waals surface area contributed by atoms with Crippen molar-refractivity contribution in [1.82, 2.24) is 15.1 Å². The number of rotatable bonds is 5. The molecule has 0 aliphatic carbocycles. The van der Waals surface area contributed by atoms with Crippen molar-refractivity contribution in [2.24, 2.45) is 0 Å². The van der Waals surface area contributed by atoms with E-state index in [-0.39, 0.29) is 18.4 Å². The van der Waals surface area contributed by atoms with Gasteiger partial charge in [-0.15, -0.1) is 0 Å². The van der Waals surface area contributed by atoms with E-state index in [2.05, 4.69) is 10.4 Å². The lowest BCUT2D eigenvalue weighted by Crippen LogP contribution is -2.64. The summed E-state index contributed by atoms with van der Waals surface area (Å²) in [6.45, 7) is 4.20. The maximum absolute atomic E-state index is 13.8. The molecule has 0 bridgehead atoms. The zero-order chi connectivity index (χ0) is 23.9. The molecule has 7 nitrogen and oxygen atoms in total. The Bertz CT molecular complexity index is 1360. The van der Waals surface area contributed by atoms with E-state index < -0.39 is 5.54 Å². The van der Waals surface area contributed by atoms with E-state index >= 15 is 0 Å². The third-order valence-corrected chi connectivity index (χ3v) is 6.39. The number of halogens is 1. The molecule has 0 spiro atoms. The standard InChI is InChI=1S/C26H23ClN4O3/c1-17-6-3-4-7-21(17)31-24(32)22-14-20(23-8-5-13-34-23)29-30(22)16-26(31,2)25(33)28-15-18-9-11-19(27)12-10-18/h3-14H,15-16H2,1-2H3,(H,28,33). The van der Waals surface area contributed by atoms with Gasteiger partial charge in [0, 0.05) is 23.3 Å². The van der Waals surface area contributed by atoms with Gasteiger partial charge in [0.25, 0.3) is 5.91 Å². The number of aryl methyl sites for hydroxylation is 1. The zero-order valence-electron chi connectivity index (χ0n) is 18.8. The predicted molar refractivity (Wildman–Crippen MR) is 130 cm³/mol. The molecule has 1 unspecified atom stereocenters. The van der Waals surface area contributed by atoms with E-state index in [4.69, 9.17) is 16.0 Å². The number of benzene rings is 2. The molecule has 2 aromatic heterocycles. The lowest BCUT2D eigenvalue weighted by atomic mass is 9.93. The maximum atomic E-state index is 13.8. The maximum Gasteiger partial charge on any atom is 0.277 e. The number of anilines is 1. The smallest absolute Gasteiger partial charge is 0.277 e. The molecule has 1 atom stereocenters. The second-order valence-electron chi connectivity index (χ2n) is 8.56. The number of nitrogens with one attached hydrogen (secondary N) is 1. The van der Waals surface area contributed by atoms with Crippen LogP contribution in [0.5, 0.6) is 0 Å². The molecule has 1 aliphatic heterocycles. The lowest BCUT2D eigenvalue weighted by Gasteiger charge is -2.43. The van der Waals surface area contributed by atoms with Gasteiger partial charge in [-0.05, 0) is 55.3 Å². The molecule has 0 saturated heterocycles. The number of nitrogens with zero attached hydrogens (tertiary/aromatic N) is 3. The first-order valence-electron chi connectivity index (χ1n) is 10.9. The van der Waals surface area contributed by atoms with E-state index in [1.165, 1.54) is 0 Å². The number of aromatic nitrogens is 2. The molecule has 34 heavy (non-hydrogen) atoms. The van der Waals surface area contributed by atoms with Crippen LogP contribution in [0.25, 0.3) is 11.5 Å². The average Bonchev–Trinajstić information content (AvgIpc) is 3.50. The van der Waals surface area contributed by atoms with Crippen LogP contribution in [0.4, 0.5) is 5.69 Å². The Hall–Kier alpha value is -3.84. The van der Waals surface area contributed by atoms with Crippen molar-refractivity contribution in [3.05, 3.63) is 94.8 Å². The first-order chi connectivity index (χ1) is 16.4. The first kappa shape index (κ1) is 22.0. The molecule has 172 valence electrons. The van der Waals surface area contributed by atoms with Crippen molar-refractivity contribution in [3.8, 4) is 11.5 Å². The summed E-state index contributed by atoms with van der Waals surface area (Å²) in [6.07, 6.45) is 1.56. The second kappa shape index (κ2) is 8.50. The van der Waals surface area contributed by atoms with Crippen LogP contribution in [0.1, 0.15) is 28.5 Å². The molecule has 3 heterocycles. The van der Waals surface area contributed by atoms with Crippen molar-refractivity contribution >= 4 is 29.1 Å². The summed E-state index contributed by atoms with van der Waals surface area (Å²) in [5, 5.41) is 8.21. The van der Waals surface area contributed by atoms with Crippen LogP contribution in [-0.2, 0) is 17.9 Å². The number of hydrogen-bond acceptors (Lipinski definition) is 4. The molecule has 0 fully saturated rings. The van der Waals surface area contributed by atoms with Gasteiger partial charge in [-0.3, -0.25) is 19.2 Å². The van der Waals surface area contributed by atoms with Crippen LogP contribution in [0.2, 0.25) is 5.02 Å². The molecule has 0 radical (unpaired) electrons. The summed E-state index contributed by atoms with van der Waals surface area (Å²) in [4.78, 5) is 29.1. The summed E-state index contributed by atoms with van der Waals surface area (Å²) in [5.74, 6) is -0.0132. The minimum atomic E-state index is -1.21. The van der Waals surface area contributed by atoms with Gasteiger partial charge in [0.1, 0.15) is 16.9 Å². The fourth-order valence-corrected chi connectivity index (χ4v) is 4.42. The highest BCUT2D eigenvalue weighted by molar-refractivity contribution is 6.30. The largest absolute Gasteiger partial charge is 0.463 e. The van der Waals surface area contributed by atoms with Gasteiger partial charge >= 0.3 is 0 Å². The van der Waals surface area contributed by atoms with Crippen molar-refractivity contribution in [1.29, 1.82) is 0 Å². The molecule has 2 aromatic carbocycles. The van der Waals surface area contributed by atoms with Crippen molar-refractivity contribution < 1.29 is 14.0 Å².